The lowest BCUT2D eigenvalue weighted by molar-refractivity contribution is -0.131. The summed E-state index contributed by atoms with van der Waals surface area (Å²) in [6.45, 7) is 9.56. The molecular weight excluding hydrogens is 314 g/mol. The Morgan fingerprint density at radius 3 is 2.22 bits per heavy atom. The van der Waals surface area contributed by atoms with E-state index in [0.29, 0.717) is 0 Å². The summed E-state index contributed by atoms with van der Waals surface area (Å²) in [5.74, 6) is -0.922. The molecule has 0 radical (unpaired) electrons. The summed E-state index contributed by atoms with van der Waals surface area (Å²) in [6, 6.07) is 9.31. The lowest BCUT2D eigenvalue weighted by atomic mass is 10.2. The Bertz CT molecular complexity index is 418. The van der Waals surface area contributed by atoms with Crippen LogP contribution in [0.5, 0.6) is 0 Å². The first kappa shape index (κ1) is 23.9. The van der Waals surface area contributed by atoms with Gasteiger partial charge in [-0.15, -0.1) is 12.4 Å². The molecule has 0 bridgehead atoms. The Morgan fingerprint density at radius 1 is 1.22 bits per heavy atom. The number of carboxylic acid groups (broad SMARTS) is 1. The number of aliphatic hydroxyl groups is 1. The molecule has 23 heavy (non-hydrogen) atoms. The zero-order chi connectivity index (χ0) is 16.8. The minimum absolute atomic E-state index is 0. The van der Waals surface area contributed by atoms with Gasteiger partial charge in [-0.05, 0) is 51.0 Å². The third-order valence-electron chi connectivity index (χ3n) is 3.21. The van der Waals surface area contributed by atoms with Crippen molar-refractivity contribution in [2.75, 3.05) is 19.6 Å². The number of carboxylic acids is 1. The van der Waals surface area contributed by atoms with Gasteiger partial charge in [0.05, 0.1) is 6.10 Å². The molecule has 1 rings (SSSR count). The predicted molar refractivity (Wildman–Crippen MR) is 99.1 cm³/mol. The molecule has 0 spiro atoms. The van der Waals surface area contributed by atoms with Crippen molar-refractivity contribution < 1.29 is 15.0 Å². The highest BCUT2D eigenvalue weighted by molar-refractivity contribution is 5.85. The molecule has 5 heteroatoms. The van der Waals surface area contributed by atoms with E-state index in [4.69, 9.17) is 10.2 Å². The van der Waals surface area contributed by atoms with E-state index in [-0.39, 0.29) is 18.5 Å². The Labute approximate surface area is 146 Å². The number of nitrogens with zero attached hydrogens (tertiary/aromatic N) is 1. The zero-order valence-corrected chi connectivity index (χ0v) is 15.1. The van der Waals surface area contributed by atoms with Gasteiger partial charge in [0.25, 0.3) is 0 Å². The van der Waals surface area contributed by atoms with Gasteiger partial charge in [-0.1, -0.05) is 44.2 Å². The summed E-state index contributed by atoms with van der Waals surface area (Å²) in [7, 11) is 0. The van der Waals surface area contributed by atoms with Crippen molar-refractivity contribution in [1.82, 2.24) is 4.90 Å². The molecule has 1 unspecified atom stereocenters. The van der Waals surface area contributed by atoms with Crippen molar-refractivity contribution in [2.45, 2.75) is 39.7 Å². The summed E-state index contributed by atoms with van der Waals surface area (Å²) < 4.78 is 0. The first-order chi connectivity index (χ1) is 10.5. The maximum absolute atomic E-state index is 10.1. The van der Waals surface area contributed by atoms with Gasteiger partial charge in [0.1, 0.15) is 0 Å². The topological polar surface area (TPSA) is 60.8 Å². The number of halogens is 1. The van der Waals surface area contributed by atoms with Gasteiger partial charge in [0.2, 0.25) is 0 Å². The summed E-state index contributed by atoms with van der Waals surface area (Å²) in [6.07, 6.45) is 4.58. The molecule has 132 valence electrons. The number of carbonyl (C=O) groups is 1. The Hall–Kier alpha value is -1.36. The maximum atomic E-state index is 10.1. The molecule has 0 saturated heterocycles. The summed E-state index contributed by atoms with van der Waals surface area (Å²) in [5, 5.41) is 17.3. The summed E-state index contributed by atoms with van der Waals surface area (Å²) in [5.41, 5.74) is 0.898. The normalized spacial score (nSPS) is 11.5. The van der Waals surface area contributed by atoms with Crippen molar-refractivity contribution in [3.8, 4) is 0 Å². The first-order valence-electron chi connectivity index (χ1n) is 7.86. The predicted octanol–water partition coefficient (Wildman–Crippen LogP) is 3.70. The maximum Gasteiger partial charge on any atom is 0.328 e. The van der Waals surface area contributed by atoms with Crippen LogP contribution < -0.4 is 0 Å². The average molecular weight is 344 g/mol. The van der Waals surface area contributed by atoms with Crippen molar-refractivity contribution in [3.63, 3.8) is 0 Å². The molecule has 0 aliphatic rings. The molecule has 0 aliphatic heterocycles. The monoisotopic (exact) mass is 343 g/mol. The number of aliphatic carboxylic acids is 1. The van der Waals surface area contributed by atoms with Gasteiger partial charge in [-0.25, -0.2) is 4.79 Å². The van der Waals surface area contributed by atoms with Crippen molar-refractivity contribution in [1.29, 1.82) is 0 Å². The Kier molecular flexibility index (Phi) is 16.1. The summed E-state index contributed by atoms with van der Waals surface area (Å²) >= 11 is 0. The van der Waals surface area contributed by atoms with Gasteiger partial charge in [0.15, 0.2) is 0 Å². The van der Waals surface area contributed by atoms with Crippen LogP contribution in [-0.2, 0) is 4.79 Å². The fourth-order valence-electron chi connectivity index (χ4n) is 1.88. The van der Waals surface area contributed by atoms with Gasteiger partial charge < -0.3 is 15.1 Å². The van der Waals surface area contributed by atoms with E-state index in [9.17, 15) is 4.79 Å². The van der Waals surface area contributed by atoms with E-state index >= 15 is 0 Å². The van der Waals surface area contributed by atoms with E-state index in [0.717, 1.165) is 44.1 Å². The second-order valence-corrected chi connectivity index (χ2v) is 5.10. The lowest BCUT2D eigenvalue weighted by Crippen LogP contribution is -2.24. The number of hydrogen-bond acceptors (Lipinski definition) is 3. The highest BCUT2D eigenvalue weighted by atomic mass is 35.5. The van der Waals surface area contributed by atoms with Gasteiger partial charge in [-0.3, -0.25) is 0 Å². The van der Waals surface area contributed by atoms with Crippen molar-refractivity contribution in [3.05, 3.63) is 42.0 Å². The van der Waals surface area contributed by atoms with Crippen LogP contribution in [0.15, 0.2) is 36.4 Å². The molecule has 0 aliphatic carbocycles. The molecule has 0 aromatic heterocycles. The number of hydrogen-bond donors (Lipinski definition) is 2. The third kappa shape index (κ3) is 15.3. The first-order valence-corrected chi connectivity index (χ1v) is 7.86. The minimum atomic E-state index is -0.922. The molecular formula is C18H30ClNO3. The average Bonchev–Trinajstić information content (AvgIpc) is 2.51. The second-order valence-electron chi connectivity index (χ2n) is 5.10. The number of benzene rings is 1. The van der Waals surface area contributed by atoms with Crippen LogP contribution in [0.4, 0.5) is 0 Å². The third-order valence-corrected chi connectivity index (χ3v) is 3.21. The molecule has 0 heterocycles. The van der Waals surface area contributed by atoms with Crippen LogP contribution >= 0.6 is 12.4 Å². The van der Waals surface area contributed by atoms with Crippen LogP contribution in [0.2, 0.25) is 0 Å². The van der Waals surface area contributed by atoms with E-state index in [1.165, 1.54) is 0 Å². The highest BCUT2D eigenvalue weighted by Crippen LogP contribution is 2.00. The molecule has 0 amide bonds. The second kappa shape index (κ2) is 15.5. The Balaban J connectivity index is 0. The minimum Gasteiger partial charge on any atom is -0.478 e. The molecule has 0 fully saturated rings. The molecule has 1 aromatic rings. The van der Waals surface area contributed by atoms with Crippen LogP contribution in [0.25, 0.3) is 6.08 Å². The summed E-state index contributed by atoms with van der Waals surface area (Å²) in [4.78, 5) is 12.5. The lowest BCUT2D eigenvalue weighted by Gasteiger charge is -2.17. The van der Waals surface area contributed by atoms with Gasteiger partial charge >= 0.3 is 5.97 Å². The van der Waals surface area contributed by atoms with Crippen molar-refractivity contribution >= 4 is 24.5 Å². The largest absolute Gasteiger partial charge is 0.478 e. The number of aliphatic hydroxyl groups excluding tert-OH is 1. The van der Waals surface area contributed by atoms with E-state index < -0.39 is 5.97 Å². The van der Waals surface area contributed by atoms with Crippen molar-refractivity contribution in [2.24, 2.45) is 0 Å². The van der Waals surface area contributed by atoms with E-state index in [1.807, 2.05) is 37.3 Å². The Morgan fingerprint density at radius 2 is 1.78 bits per heavy atom. The fraction of sp³-hybridized carbons (Fsp3) is 0.500. The van der Waals surface area contributed by atoms with Crippen LogP contribution in [-0.4, -0.2) is 46.8 Å². The van der Waals surface area contributed by atoms with E-state index in [2.05, 4.69) is 18.7 Å². The molecule has 1 atom stereocenters. The molecule has 4 nitrogen and oxygen atoms in total. The molecule has 0 saturated carbocycles. The standard InChI is InChI=1S/C9H21NO.C9H8O2.ClH/c1-4-10(5-2)8-6-7-9(3)11;10-9(11)7-6-8-4-2-1-3-5-8;/h9,11H,4-8H2,1-3H3;1-7H,(H,10,11);1H/b;7-6+;. The van der Waals surface area contributed by atoms with Gasteiger partial charge in [0, 0.05) is 6.08 Å². The molecule has 1 aromatic carbocycles. The van der Waals surface area contributed by atoms with E-state index in [1.54, 1.807) is 6.08 Å². The van der Waals surface area contributed by atoms with Crippen LogP contribution in [0, 0.1) is 0 Å². The molecule has 2 N–H and O–H groups in total. The SMILES string of the molecule is CCN(CC)CCCC(C)O.Cl.O=C(O)/C=C/c1ccccc1. The van der Waals surface area contributed by atoms with Gasteiger partial charge in [-0.2, -0.15) is 0 Å². The van der Waals surface area contributed by atoms with Crippen LogP contribution in [0.3, 0.4) is 0 Å². The quantitative estimate of drug-likeness (QED) is 0.706. The highest BCUT2D eigenvalue weighted by Gasteiger charge is 1.99. The number of rotatable bonds is 8. The van der Waals surface area contributed by atoms with Crippen LogP contribution in [0.1, 0.15) is 39.2 Å². The smallest absolute Gasteiger partial charge is 0.328 e. The fourth-order valence-corrected chi connectivity index (χ4v) is 1.88. The zero-order valence-electron chi connectivity index (χ0n) is 14.3.